The number of nitrogens with zero attached hydrogens (tertiary/aromatic N) is 1. The number of allylic oxidation sites excluding steroid dienone is 2. The first-order valence-corrected chi connectivity index (χ1v) is 6.80. The molecule has 22 heavy (non-hydrogen) atoms. The Kier molecular flexibility index (Phi) is 7.72. The van der Waals surface area contributed by atoms with Crippen LogP contribution in [0.4, 0.5) is 0 Å². The number of aromatic nitrogens is 1. The van der Waals surface area contributed by atoms with Gasteiger partial charge in [0.2, 0.25) is 0 Å². The largest absolute Gasteiger partial charge is 0.512 e. The van der Waals surface area contributed by atoms with E-state index in [0.29, 0.717) is 12.8 Å². The number of hydrogen-bond donors (Lipinski definition) is 1. The molecule has 116 valence electrons. The van der Waals surface area contributed by atoms with E-state index in [1.54, 1.807) is 0 Å². The molecule has 1 heterocycles. The first kappa shape index (κ1) is 18.3. The van der Waals surface area contributed by atoms with Gasteiger partial charge in [-0.05, 0) is 31.5 Å². The summed E-state index contributed by atoms with van der Waals surface area (Å²) in [5, 5.41) is 9.51. The second-order valence-electron chi connectivity index (χ2n) is 4.73. The number of ketones is 1. The minimum Gasteiger partial charge on any atom is -0.512 e. The van der Waals surface area contributed by atoms with Gasteiger partial charge in [-0.15, -0.1) is 35.9 Å². The van der Waals surface area contributed by atoms with Crippen LogP contribution in [0.1, 0.15) is 19.0 Å². The molecule has 0 aliphatic carbocycles. The molecule has 2 radical (unpaired) electrons. The van der Waals surface area contributed by atoms with Crippen LogP contribution >= 0.6 is 0 Å². The van der Waals surface area contributed by atoms with Gasteiger partial charge in [-0.25, -0.2) is 0 Å². The van der Waals surface area contributed by atoms with Crippen LogP contribution in [0, 0.1) is 12.5 Å². The molecule has 1 N–H and O–H groups in total. The molecule has 1 aromatic heterocycles. The molecule has 2 rings (SSSR count). The Hall–Kier alpha value is -1.77. The smallest absolute Gasteiger partial charge is 0.155 e. The Morgan fingerprint density at radius 1 is 1.27 bits per heavy atom. The molecule has 0 bridgehead atoms. The molecule has 0 fully saturated rings. The predicted molar refractivity (Wildman–Crippen MR) is 82.5 cm³/mol. The molecular weight excluding hydrogens is 454 g/mol. The number of benzene rings is 1. The van der Waals surface area contributed by atoms with Crippen molar-refractivity contribution in [3.63, 3.8) is 0 Å². The monoisotopic (exact) mass is 472 g/mol. The average molecular weight is 472 g/mol. The summed E-state index contributed by atoms with van der Waals surface area (Å²) in [5.41, 5.74) is 2.75. The average Bonchev–Trinajstić information content (AvgIpc) is 2.48. The fourth-order valence-corrected chi connectivity index (χ4v) is 1.96. The van der Waals surface area contributed by atoms with Gasteiger partial charge in [0.15, 0.2) is 5.78 Å². The molecule has 4 heteroatoms. The van der Waals surface area contributed by atoms with Crippen molar-refractivity contribution >= 4 is 5.78 Å². The van der Waals surface area contributed by atoms with Gasteiger partial charge in [-0.1, -0.05) is 12.1 Å². The summed E-state index contributed by atoms with van der Waals surface area (Å²) in [5.74, 6) is -0.0734. The zero-order valence-electron chi connectivity index (χ0n) is 12.2. The van der Waals surface area contributed by atoms with Crippen molar-refractivity contribution in [2.24, 2.45) is 0 Å². The molecule has 0 aliphatic heterocycles. The molecule has 0 amide bonds. The number of aliphatic hydroxyl groups excluding tert-OH is 1. The minimum atomic E-state index is -0.152. The summed E-state index contributed by atoms with van der Waals surface area (Å²) in [4.78, 5) is 15.4. The second-order valence-corrected chi connectivity index (χ2v) is 4.73. The maximum absolute atomic E-state index is 10.8. The number of aliphatic hydroxyl groups is 1. The van der Waals surface area contributed by atoms with Crippen molar-refractivity contribution in [1.29, 1.82) is 0 Å². The topological polar surface area (TPSA) is 50.2 Å². The van der Waals surface area contributed by atoms with E-state index in [0.717, 1.165) is 17.0 Å². The van der Waals surface area contributed by atoms with Crippen molar-refractivity contribution in [2.75, 3.05) is 0 Å². The van der Waals surface area contributed by atoms with E-state index in [2.05, 4.69) is 11.1 Å². The standard InChI is InChI=1S/C18H17NO2.Ir/c1-14(20)13-17(21)11-5-9-16-10-6-12-18(19-16)15-7-3-2-4-8-15;/h2-7,10,12-13,21H,9,11H2,1H3;/q-1;/b17-13-;. The molecule has 0 aliphatic rings. The van der Waals surface area contributed by atoms with E-state index >= 15 is 0 Å². The first-order chi connectivity index (χ1) is 10.1. The maximum atomic E-state index is 10.8. The van der Waals surface area contributed by atoms with Gasteiger partial charge in [-0.2, -0.15) is 0 Å². The van der Waals surface area contributed by atoms with Crippen LogP contribution in [-0.4, -0.2) is 15.9 Å². The van der Waals surface area contributed by atoms with E-state index in [-0.39, 0.29) is 31.6 Å². The quantitative estimate of drug-likeness (QED) is 0.397. The molecule has 1 aromatic carbocycles. The summed E-state index contributed by atoms with van der Waals surface area (Å²) in [7, 11) is 0. The Morgan fingerprint density at radius 3 is 2.77 bits per heavy atom. The van der Waals surface area contributed by atoms with E-state index in [4.69, 9.17) is 0 Å². The zero-order chi connectivity index (χ0) is 15.1. The van der Waals surface area contributed by atoms with Crippen molar-refractivity contribution in [3.05, 3.63) is 72.5 Å². The Balaban J connectivity index is 0.00000242. The van der Waals surface area contributed by atoms with E-state index in [1.807, 2.05) is 48.9 Å². The summed E-state index contributed by atoms with van der Waals surface area (Å²) in [6.07, 6.45) is 4.13. The Labute approximate surface area is 144 Å². The van der Waals surface area contributed by atoms with Crippen LogP contribution in [0.25, 0.3) is 11.3 Å². The molecule has 0 atom stereocenters. The fraction of sp³-hybridized carbons (Fsp3) is 0.167. The fourth-order valence-electron chi connectivity index (χ4n) is 1.96. The van der Waals surface area contributed by atoms with Gasteiger partial charge in [0, 0.05) is 38.3 Å². The number of hydrogen-bond acceptors (Lipinski definition) is 3. The normalized spacial score (nSPS) is 10.9. The van der Waals surface area contributed by atoms with Crippen molar-refractivity contribution in [3.8, 4) is 11.3 Å². The van der Waals surface area contributed by atoms with Crippen molar-refractivity contribution in [1.82, 2.24) is 4.98 Å². The number of carbonyl (C=O) groups is 1. The van der Waals surface area contributed by atoms with Gasteiger partial charge < -0.3 is 10.1 Å². The SMILES string of the molecule is CC(=O)/C=C(\O)C[CH]Cc1cccc(-c2[c-]cccc2)n1.[Ir]. The second kappa shape index (κ2) is 9.29. The number of carbonyl (C=O) groups excluding carboxylic acids is 1. The van der Waals surface area contributed by atoms with E-state index in [9.17, 15) is 9.90 Å². The van der Waals surface area contributed by atoms with Crippen LogP contribution < -0.4 is 0 Å². The van der Waals surface area contributed by atoms with Gasteiger partial charge in [-0.3, -0.25) is 4.79 Å². The van der Waals surface area contributed by atoms with E-state index < -0.39 is 0 Å². The Bertz CT molecular complexity index is 639. The summed E-state index contributed by atoms with van der Waals surface area (Å²) < 4.78 is 0. The third-order valence-electron chi connectivity index (χ3n) is 2.87. The third-order valence-corrected chi connectivity index (χ3v) is 2.87. The van der Waals surface area contributed by atoms with Crippen LogP contribution in [0.15, 0.2) is 54.3 Å². The number of pyridine rings is 1. The summed E-state index contributed by atoms with van der Waals surface area (Å²) >= 11 is 0. The molecular formula is C18H17IrNO2-. The van der Waals surface area contributed by atoms with Crippen molar-refractivity contribution in [2.45, 2.75) is 19.8 Å². The van der Waals surface area contributed by atoms with Crippen LogP contribution in [0.2, 0.25) is 0 Å². The van der Waals surface area contributed by atoms with Gasteiger partial charge >= 0.3 is 0 Å². The maximum Gasteiger partial charge on any atom is 0.155 e. The van der Waals surface area contributed by atoms with Crippen molar-refractivity contribution < 1.29 is 30.0 Å². The predicted octanol–water partition coefficient (Wildman–Crippen LogP) is 3.71. The molecule has 0 saturated carbocycles. The van der Waals surface area contributed by atoms with Gasteiger partial charge in [0.05, 0.1) is 5.76 Å². The molecule has 0 unspecified atom stereocenters. The molecule has 3 nitrogen and oxygen atoms in total. The third kappa shape index (κ3) is 5.92. The molecule has 0 spiro atoms. The van der Waals surface area contributed by atoms with Gasteiger partial charge in [0.1, 0.15) is 0 Å². The number of rotatable bonds is 6. The summed E-state index contributed by atoms with van der Waals surface area (Å²) in [6.45, 7) is 1.41. The summed E-state index contributed by atoms with van der Waals surface area (Å²) in [6, 6.07) is 16.7. The minimum absolute atomic E-state index is 0. The van der Waals surface area contributed by atoms with E-state index in [1.165, 1.54) is 13.0 Å². The Morgan fingerprint density at radius 2 is 2.09 bits per heavy atom. The zero-order valence-corrected chi connectivity index (χ0v) is 14.6. The molecule has 0 saturated heterocycles. The molecule has 2 aromatic rings. The van der Waals surface area contributed by atoms with Crippen LogP contribution in [-0.2, 0) is 31.3 Å². The van der Waals surface area contributed by atoms with Crippen LogP contribution in [0.5, 0.6) is 0 Å². The first-order valence-electron chi connectivity index (χ1n) is 6.80. The van der Waals surface area contributed by atoms with Gasteiger partial charge in [0.25, 0.3) is 0 Å². The van der Waals surface area contributed by atoms with Crippen LogP contribution in [0.3, 0.4) is 0 Å².